The summed E-state index contributed by atoms with van der Waals surface area (Å²) in [4.78, 5) is 0. The van der Waals surface area contributed by atoms with Crippen molar-refractivity contribution in [2.75, 3.05) is 36.1 Å². The molecule has 2 N–H and O–H groups in total. The molecule has 0 atom stereocenters. The molecule has 6 heteroatoms. The molecule has 0 amide bonds. The van der Waals surface area contributed by atoms with Crippen LogP contribution in [0.4, 0.5) is 11.4 Å². The van der Waals surface area contributed by atoms with Crippen LogP contribution in [0.5, 0.6) is 0 Å². The lowest BCUT2D eigenvalue weighted by atomic mass is 10.0. The molecule has 2 rings (SSSR count). The maximum Gasteiger partial charge on any atom is 0.229 e. The Morgan fingerprint density at radius 2 is 1.84 bits per heavy atom. The van der Waals surface area contributed by atoms with Crippen molar-refractivity contribution in [3.63, 3.8) is 0 Å². The van der Waals surface area contributed by atoms with Crippen molar-refractivity contribution in [1.29, 1.82) is 0 Å². The molecule has 0 radical (unpaired) electrons. The van der Waals surface area contributed by atoms with E-state index in [0.29, 0.717) is 11.6 Å². The summed E-state index contributed by atoms with van der Waals surface area (Å²) in [7, 11) is -3.25. The monoisotopic (exact) mass is 284 g/mol. The second-order valence-corrected chi connectivity index (χ2v) is 6.60. The zero-order valence-electron chi connectivity index (χ0n) is 11.1. The Balaban J connectivity index is 1.99. The van der Waals surface area contributed by atoms with Gasteiger partial charge in [0.2, 0.25) is 10.0 Å². The molecule has 0 bridgehead atoms. The number of nitrogens with one attached hydrogen (secondary N) is 2. The van der Waals surface area contributed by atoms with Gasteiger partial charge in [-0.2, -0.15) is 0 Å². The number of ether oxygens (including phenoxy) is 1. The highest BCUT2D eigenvalue weighted by atomic mass is 32.2. The summed E-state index contributed by atoms with van der Waals surface area (Å²) >= 11 is 0. The van der Waals surface area contributed by atoms with Crippen molar-refractivity contribution in [3.8, 4) is 0 Å². The molecule has 0 aliphatic carbocycles. The molecule has 1 aromatic rings. The predicted octanol–water partition coefficient (Wildman–Crippen LogP) is 1.90. The van der Waals surface area contributed by atoms with Gasteiger partial charge in [0.1, 0.15) is 0 Å². The van der Waals surface area contributed by atoms with E-state index in [9.17, 15) is 8.42 Å². The first-order valence-electron chi connectivity index (χ1n) is 6.43. The maximum absolute atomic E-state index is 11.3. The predicted molar refractivity (Wildman–Crippen MR) is 76.9 cm³/mol. The van der Waals surface area contributed by atoms with Gasteiger partial charge in [-0.1, -0.05) is 12.1 Å². The number of hydrogen-bond donors (Lipinski definition) is 2. The zero-order valence-corrected chi connectivity index (χ0v) is 11.9. The van der Waals surface area contributed by atoms with Gasteiger partial charge in [0.25, 0.3) is 0 Å². The maximum atomic E-state index is 11.3. The first-order valence-corrected chi connectivity index (χ1v) is 8.32. The Morgan fingerprint density at radius 1 is 1.21 bits per heavy atom. The standard InChI is InChI=1S/C13H20N2O3S/c1-19(16,17)15-13-5-3-2-4-12(13)14-10-11-6-8-18-9-7-11/h2-5,11,14-15H,6-10H2,1H3. The van der Waals surface area contributed by atoms with E-state index in [0.717, 1.165) is 44.5 Å². The molecule has 1 fully saturated rings. The van der Waals surface area contributed by atoms with Gasteiger partial charge in [-0.25, -0.2) is 8.42 Å². The van der Waals surface area contributed by atoms with Gasteiger partial charge in [-0.05, 0) is 30.9 Å². The molecule has 1 heterocycles. The van der Waals surface area contributed by atoms with Crippen molar-refractivity contribution < 1.29 is 13.2 Å². The van der Waals surface area contributed by atoms with Crippen LogP contribution in [0.15, 0.2) is 24.3 Å². The van der Waals surface area contributed by atoms with Gasteiger partial charge in [-0.15, -0.1) is 0 Å². The number of rotatable bonds is 5. The van der Waals surface area contributed by atoms with E-state index in [1.807, 2.05) is 18.2 Å². The molecule has 1 saturated heterocycles. The molecule has 0 aromatic heterocycles. The molecule has 1 aliphatic rings. The fraction of sp³-hybridized carbons (Fsp3) is 0.538. The van der Waals surface area contributed by atoms with Crippen LogP contribution in [0.25, 0.3) is 0 Å². The molecule has 5 nitrogen and oxygen atoms in total. The van der Waals surface area contributed by atoms with Crippen LogP contribution in [0.3, 0.4) is 0 Å². The van der Waals surface area contributed by atoms with Crippen LogP contribution >= 0.6 is 0 Å². The van der Waals surface area contributed by atoms with Crippen LogP contribution in [0, 0.1) is 5.92 Å². The van der Waals surface area contributed by atoms with E-state index in [1.165, 1.54) is 0 Å². The molecule has 19 heavy (non-hydrogen) atoms. The van der Waals surface area contributed by atoms with Gasteiger partial charge >= 0.3 is 0 Å². The number of hydrogen-bond acceptors (Lipinski definition) is 4. The first-order chi connectivity index (χ1) is 9.04. The average Bonchev–Trinajstić information content (AvgIpc) is 2.37. The van der Waals surface area contributed by atoms with Crippen LogP contribution in [0.2, 0.25) is 0 Å². The van der Waals surface area contributed by atoms with E-state index in [1.54, 1.807) is 6.07 Å². The zero-order chi connectivity index (χ0) is 13.7. The normalized spacial score (nSPS) is 17.1. The minimum absolute atomic E-state index is 0.583. The molecular formula is C13H20N2O3S. The highest BCUT2D eigenvalue weighted by Crippen LogP contribution is 2.23. The second-order valence-electron chi connectivity index (χ2n) is 4.86. The second kappa shape index (κ2) is 6.25. The van der Waals surface area contributed by atoms with Crippen molar-refractivity contribution in [2.45, 2.75) is 12.8 Å². The van der Waals surface area contributed by atoms with Crippen LogP contribution in [-0.2, 0) is 14.8 Å². The number of sulfonamides is 1. The highest BCUT2D eigenvalue weighted by Gasteiger charge is 2.14. The average molecular weight is 284 g/mol. The van der Waals surface area contributed by atoms with Crippen molar-refractivity contribution >= 4 is 21.4 Å². The Kier molecular flexibility index (Phi) is 4.66. The first kappa shape index (κ1) is 14.1. The quantitative estimate of drug-likeness (QED) is 0.866. The molecule has 0 spiro atoms. The fourth-order valence-corrected chi connectivity index (χ4v) is 2.71. The summed E-state index contributed by atoms with van der Waals surface area (Å²) in [5, 5.41) is 3.32. The van der Waals surface area contributed by atoms with E-state index < -0.39 is 10.0 Å². The molecular weight excluding hydrogens is 264 g/mol. The molecule has 0 saturated carbocycles. The highest BCUT2D eigenvalue weighted by molar-refractivity contribution is 7.92. The van der Waals surface area contributed by atoms with E-state index in [2.05, 4.69) is 10.0 Å². The summed E-state index contributed by atoms with van der Waals surface area (Å²) in [6.07, 6.45) is 3.26. The Hall–Kier alpha value is -1.27. The summed E-state index contributed by atoms with van der Waals surface area (Å²) in [6.45, 7) is 2.47. The topological polar surface area (TPSA) is 67.4 Å². The van der Waals surface area contributed by atoms with Crippen LogP contribution in [-0.4, -0.2) is 34.4 Å². The number of anilines is 2. The molecule has 106 valence electrons. The summed E-state index contributed by atoms with van der Waals surface area (Å²) in [5.41, 5.74) is 1.41. The van der Waals surface area contributed by atoms with Crippen molar-refractivity contribution in [2.24, 2.45) is 5.92 Å². The third-order valence-corrected chi connectivity index (χ3v) is 3.74. The minimum Gasteiger partial charge on any atom is -0.383 e. The number of para-hydroxylation sites is 2. The molecule has 0 unspecified atom stereocenters. The Bertz CT molecular complexity index is 510. The summed E-state index contributed by atoms with van der Waals surface area (Å²) in [5.74, 6) is 0.583. The third kappa shape index (κ3) is 4.72. The molecule has 1 aliphatic heterocycles. The van der Waals surface area contributed by atoms with E-state index >= 15 is 0 Å². The Labute approximate surface area is 114 Å². The van der Waals surface area contributed by atoms with E-state index in [4.69, 9.17) is 4.74 Å². The van der Waals surface area contributed by atoms with Crippen molar-refractivity contribution in [3.05, 3.63) is 24.3 Å². The van der Waals surface area contributed by atoms with Gasteiger partial charge in [-0.3, -0.25) is 4.72 Å². The van der Waals surface area contributed by atoms with Gasteiger partial charge in [0, 0.05) is 19.8 Å². The van der Waals surface area contributed by atoms with Gasteiger partial charge in [0.15, 0.2) is 0 Å². The van der Waals surface area contributed by atoms with Gasteiger partial charge in [0.05, 0.1) is 17.6 Å². The minimum atomic E-state index is -3.25. The van der Waals surface area contributed by atoms with E-state index in [-0.39, 0.29) is 0 Å². The van der Waals surface area contributed by atoms with Crippen LogP contribution < -0.4 is 10.0 Å². The van der Waals surface area contributed by atoms with Crippen molar-refractivity contribution in [1.82, 2.24) is 0 Å². The lowest BCUT2D eigenvalue weighted by Gasteiger charge is -2.23. The lowest BCUT2D eigenvalue weighted by molar-refractivity contribution is 0.0699. The summed E-state index contributed by atoms with van der Waals surface area (Å²) < 4.78 is 30.5. The van der Waals surface area contributed by atoms with Gasteiger partial charge < -0.3 is 10.1 Å². The fourth-order valence-electron chi connectivity index (χ4n) is 2.13. The lowest BCUT2D eigenvalue weighted by Crippen LogP contribution is -2.23. The SMILES string of the molecule is CS(=O)(=O)Nc1ccccc1NCC1CCOCC1. The molecule has 1 aromatic carbocycles. The smallest absolute Gasteiger partial charge is 0.229 e. The summed E-state index contributed by atoms with van der Waals surface area (Å²) in [6, 6.07) is 7.34. The third-order valence-electron chi connectivity index (χ3n) is 3.14. The Morgan fingerprint density at radius 3 is 2.47 bits per heavy atom. The largest absolute Gasteiger partial charge is 0.383 e. The number of benzene rings is 1. The van der Waals surface area contributed by atoms with Crippen LogP contribution in [0.1, 0.15) is 12.8 Å².